The van der Waals surface area contributed by atoms with Crippen molar-refractivity contribution in [1.29, 1.82) is 0 Å². The van der Waals surface area contributed by atoms with Crippen molar-refractivity contribution < 1.29 is 21.6 Å². The van der Waals surface area contributed by atoms with E-state index in [9.17, 15) is 16.8 Å². The molecule has 2 aromatic carbocycles. The van der Waals surface area contributed by atoms with Gasteiger partial charge in [-0.05, 0) is 48.2 Å². The summed E-state index contributed by atoms with van der Waals surface area (Å²) in [5, 5.41) is 8.44. The third-order valence-corrected chi connectivity index (χ3v) is 9.17. The van der Waals surface area contributed by atoms with Gasteiger partial charge < -0.3 is 9.30 Å². The molecule has 2 heterocycles. The number of hydrogen-bond acceptors (Lipinski definition) is 8. The number of rotatable bonds is 7. The van der Waals surface area contributed by atoms with E-state index in [2.05, 4.69) is 14.9 Å². The zero-order chi connectivity index (χ0) is 22.8. The van der Waals surface area contributed by atoms with Crippen molar-refractivity contribution in [3.8, 4) is 0 Å². The van der Waals surface area contributed by atoms with E-state index in [-0.39, 0.29) is 22.9 Å². The number of nitrogens with zero attached hydrogens (tertiary/aromatic N) is 4. The number of benzene rings is 2. The lowest BCUT2D eigenvalue weighted by Gasteiger charge is -2.26. The monoisotopic (exact) mass is 495 g/mol. The molecule has 13 heteroatoms. The van der Waals surface area contributed by atoms with Crippen molar-refractivity contribution in [1.82, 2.24) is 19.1 Å². The molecule has 4 rings (SSSR count). The summed E-state index contributed by atoms with van der Waals surface area (Å²) < 4.78 is 62.2. The fraction of sp³-hybridized carbons (Fsp3) is 0.263. The van der Waals surface area contributed by atoms with Gasteiger partial charge in [0.2, 0.25) is 10.0 Å². The van der Waals surface area contributed by atoms with Gasteiger partial charge >= 0.3 is 0 Å². The molecule has 0 unspecified atom stereocenters. The van der Waals surface area contributed by atoms with Crippen LogP contribution in [0.5, 0.6) is 0 Å². The minimum Gasteiger partial charge on any atom is -0.379 e. The summed E-state index contributed by atoms with van der Waals surface area (Å²) in [6, 6.07) is 12.1. The first-order valence-corrected chi connectivity index (χ1v) is 13.3. The van der Waals surface area contributed by atoms with Gasteiger partial charge in [-0.2, -0.15) is 4.31 Å². The highest BCUT2D eigenvalue weighted by Gasteiger charge is 2.27. The fourth-order valence-electron chi connectivity index (χ4n) is 3.03. The quantitative estimate of drug-likeness (QED) is 0.526. The van der Waals surface area contributed by atoms with Crippen LogP contribution in [0, 0.1) is 0 Å². The van der Waals surface area contributed by atoms with Crippen molar-refractivity contribution in [2.45, 2.75) is 19.8 Å². The summed E-state index contributed by atoms with van der Waals surface area (Å²) in [6.45, 7) is 1.20. The van der Waals surface area contributed by atoms with E-state index >= 15 is 0 Å². The number of hydrogen-bond donors (Lipinski definition) is 1. The largest absolute Gasteiger partial charge is 0.379 e. The van der Waals surface area contributed by atoms with E-state index in [1.807, 2.05) is 0 Å². The van der Waals surface area contributed by atoms with Crippen molar-refractivity contribution in [2.75, 3.05) is 31.0 Å². The van der Waals surface area contributed by atoms with Gasteiger partial charge in [-0.1, -0.05) is 12.1 Å². The Morgan fingerprint density at radius 3 is 2.28 bits per heavy atom. The summed E-state index contributed by atoms with van der Waals surface area (Å²) >= 11 is 1.27. The maximum Gasteiger partial charge on any atom is 0.261 e. The minimum absolute atomic E-state index is 0.0385. The van der Waals surface area contributed by atoms with Crippen LogP contribution < -0.4 is 4.72 Å². The van der Waals surface area contributed by atoms with Gasteiger partial charge in [0.15, 0.2) is 5.16 Å². The molecule has 1 saturated heterocycles. The normalized spacial score (nSPS) is 15.5. The summed E-state index contributed by atoms with van der Waals surface area (Å²) in [4.78, 5) is 0.646. The number of para-hydroxylation sites is 1. The Morgan fingerprint density at radius 1 is 0.969 bits per heavy atom. The van der Waals surface area contributed by atoms with Gasteiger partial charge in [-0.15, -0.1) is 10.2 Å². The SMILES string of the molecule is Cn1cnnc1Sc1ccccc1NS(=O)(=O)c1ccc(S(=O)(=O)N2CCOCC2)cc1. The number of sulfonamides is 2. The van der Waals surface area contributed by atoms with Crippen LogP contribution >= 0.6 is 11.8 Å². The third kappa shape index (κ3) is 4.81. The molecule has 170 valence electrons. The number of aromatic nitrogens is 3. The molecule has 32 heavy (non-hydrogen) atoms. The van der Waals surface area contributed by atoms with Crippen LogP contribution in [-0.2, 0) is 31.8 Å². The fourth-order valence-corrected chi connectivity index (χ4v) is 6.44. The smallest absolute Gasteiger partial charge is 0.261 e. The predicted molar refractivity (Wildman–Crippen MR) is 118 cm³/mol. The second-order valence-corrected chi connectivity index (χ2v) is 11.5. The highest BCUT2D eigenvalue weighted by Crippen LogP contribution is 2.33. The molecule has 1 N–H and O–H groups in total. The Kier molecular flexibility index (Phi) is 6.53. The lowest BCUT2D eigenvalue weighted by Crippen LogP contribution is -2.40. The zero-order valence-corrected chi connectivity index (χ0v) is 19.5. The van der Waals surface area contributed by atoms with Crippen LogP contribution in [0.3, 0.4) is 0 Å². The molecule has 0 radical (unpaired) electrons. The molecule has 0 amide bonds. The number of anilines is 1. The molecule has 3 aromatic rings. The maximum absolute atomic E-state index is 13.0. The van der Waals surface area contributed by atoms with E-state index in [0.29, 0.717) is 29.0 Å². The molecule has 0 saturated carbocycles. The molecule has 1 aliphatic rings. The summed E-state index contributed by atoms with van der Waals surface area (Å²) in [7, 11) is -5.86. The number of morpholine rings is 1. The second kappa shape index (κ2) is 9.19. The van der Waals surface area contributed by atoms with Crippen molar-refractivity contribution in [3.63, 3.8) is 0 Å². The Balaban J connectivity index is 1.55. The molecule has 1 aromatic heterocycles. The Morgan fingerprint density at radius 2 is 1.62 bits per heavy atom. The first-order valence-electron chi connectivity index (χ1n) is 9.59. The molecule has 0 bridgehead atoms. The topological polar surface area (TPSA) is 123 Å². The molecule has 0 aliphatic carbocycles. The second-order valence-electron chi connectivity index (χ2n) is 6.92. The Hall–Kier alpha value is -2.45. The van der Waals surface area contributed by atoms with Crippen LogP contribution in [0.1, 0.15) is 0 Å². The van der Waals surface area contributed by atoms with Crippen LogP contribution in [0.15, 0.2) is 74.7 Å². The molecular weight excluding hydrogens is 474 g/mol. The molecule has 10 nitrogen and oxygen atoms in total. The van der Waals surface area contributed by atoms with E-state index in [1.165, 1.54) is 40.3 Å². The first kappa shape index (κ1) is 22.7. The zero-order valence-electron chi connectivity index (χ0n) is 17.1. The van der Waals surface area contributed by atoms with E-state index in [0.717, 1.165) is 0 Å². The van der Waals surface area contributed by atoms with Crippen molar-refractivity contribution in [2.24, 2.45) is 7.05 Å². The average Bonchev–Trinajstić information content (AvgIpc) is 3.20. The average molecular weight is 496 g/mol. The molecule has 1 fully saturated rings. The first-order chi connectivity index (χ1) is 15.3. The predicted octanol–water partition coefficient (Wildman–Crippen LogP) is 1.79. The summed E-state index contributed by atoms with van der Waals surface area (Å²) in [5.41, 5.74) is 0.380. The lowest BCUT2D eigenvalue weighted by atomic mass is 10.3. The highest BCUT2D eigenvalue weighted by molar-refractivity contribution is 7.99. The standard InChI is InChI=1S/C19H21N5O5S3/c1-23-14-20-21-19(23)30-18-5-3-2-4-17(18)22-31(25,26)15-6-8-16(9-7-15)32(27,28)24-10-12-29-13-11-24/h2-9,14,22H,10-13H2,1H3. The number of nitrogens with one attached hydrogen (secondary N) is 1. The Bertz CT molecular complexity index is 1300. The molecule has 0 spiro atoms. The van der Waals surface area contributed by atoms with E-state index in [4.69, 9.17) is 4.74 Å². The van der Waals surface area contributed by atoms with Gasteiger partial charge in [-0.3, -0.25) is 4.72 Å². The van der Waals surface area contributed by atoms with Gasteiger partial charge in [0, 0.05) is 25.0 Å². The minimum atomic E-state index is -3.95. The number of aryl methyl sites for hydroxylation is 1. The highest BCUT2D eigenvalue weighted by atomic mass is 32.2. The third-order valence-electron chi connectivity index (χ3n) is 4.74. The molecule has 1 aliphatic heterocycles. The van der Waals surface area contributed by atoms with Crippen molar-refractivity contribution >= 4 is 37.5 Å². The lowest BCUT2D eigenvalue weighted by molar-refractivity contribution is 0.0730. The van der Waals surface area contributed by atoms with Gasteiger partial charge in [0.25, 0.3) is 10.0 Å². The van der Waals surface area contributed by atoms with Crippen LogP contribution in [-0.4, -0.2) is 62.2 Å². The summed E-state index contributed by atoms with van der Waals surface area (Å²) in [6.07, 6.45) is 1.56. The van der Waals surface area contributed by atoms with Crippen LogP contribution in [0.25, 0.3) is 0 Å². The van der Waals surface area contributed by atoms with Gasteiger partial charge in [0.1, 0.15) is 6.33 Å². The van der Waals surface area contributed by atoms with Gasteiger partial charge in [0.05, 0.1) is 28.7 Å². The maximum atomic E-state index is 13.0. The molecule has 0 atom stereocenters. The van der Waals surface area contributed by atoms with Crippen molar-refractivity contribution in [3.05, 3.63) is 54.9 Å². The van der Waals surface area contributed by atoms with Gasteiger partial charge in [-0.25, -0.2) is 16.8 Å². The van der Waals surface area contributed by atoms with Crippen LogP contribution in [0.2, 0.25) is 0 Å². The van der Waals surface area contributed by atoms with Crippen LogP contribution in [0.4, 0.5) is 5.69 Å². The number of ether oxygens (including phenoxy) is 1. The van der Waals surface area contributed by atoms with E-state index in [1.54, 1.807) is 42.2 Å². The summed E-state index contributed by atoms with van der Waals surface area (Å²) in [5.74, 6) is 0. The Labute approximate surface area is 190 Å². The van der Waals surface area contributed by atoms with E-state index < -0.39 is 20.0 Å². The molecular formula is C19H21N5O5S3.